The highest BCUT2D eigenvalue weighted by molar-refractivity contribution is 7.17. The summed E-state index contributed by atoms with van der Waals surface area (Å²) in [7, 11) is 0. The number of hydrogen-bond donors (Lipinski definition) is 3. The van der Waals surface area contributed by atoms with Crippen molar-refractivity contribution in [3.8, 4) is 10.4 Å². The highest BCUT2D eigenvalue weighted by Gasteiger charge is 2.32. The molecule has 0 bridgehead atoms. The summed E-state index contributed by atoms with van der Waals surface area (Å²) in [4.78, 5) is 34.9. The van der Waals surface area contributed by atoms with Gasteiger partial charge in [0, 0.05) is 36.5 Å². The number of pyridine rings is 1. The number of nitrogens with one attached hydrogen (secondary N) is 1. The van der Waals surface area contributed by atoms with Crippen molar-refractivity contribution in [3.63, 3.8) is 0 Å². The van der Waals surface area contributed by atoms with Crippen molar-refractivity contribution in [2.24, 2.45) is 5.73 Å². The lowest BCUT2D eigenvalue weighted by molar-refractivity contribution is 0.0742. The van der Waals surface area contributed by atoms with E-state index in [1.807, 2.05) is 13.8 Å². The molecule has 34 heavy (non-hydrogen) atoms. The van der Waals surface area contributed by atoms with Crippen LogP contribution in [-0.2, 0) is 0 Å². The van der Waals surface area contributed by atoms with E-state index in [1.54, 1.807) is 4.90 Å². The van der Waals surface area contributed by atoms with Gasteiger partial charge in [0.15, 0.2) is 5.01 Å². The van der Waals surface area contributed by atoms with E-state index in [-0.39, 0.29) is 44.8 Å². The third-order valence-electron chi connectivity index (χ3n) is 5.90. The van der Waals surface area contributed by atoms with E-state index in [2.05, 4.69) is 15.3 Å². The van der Waals surface area contributed by atoms with Crippen LogP contribution in [0.1, 0.15) is 84.7 Å². The van der Waals surface area contributed by atoms with Crippen molar-refractivity contribution in [3.05, 3.63) is 28.5 Å². The fraction of sp³-hybridized carbons (Fsp3) is 0.565. The Morgan fingerprint density at radius 3 is 2.53 bits per heavy atom. The molecule has 11 heteroatoms. The molecule has 1 aliphatic heterocycles. The number of carbonyl (C=O) groups excluding carboxylic acids is 2. The molecule has 1 saturated heterocycles. The molecule has 1 aliphatic carbocycles. The number of amides is 2. The van der Waals surface area contributed by atoms with Gasteiger partial charge < -0.3 is 21.1 Å². The van der Waals surface area contributed by atoms with Crippen LogP contribution < -0.4 is 11.1 Å². The van der Waals surface area contributed by atoms with Crippen molar-refractivity contribution in [1.29, 1.82) is 0 Å². The molecule has 2 aromatic heterocycles. The molecule has 1 saturated carbocycles. The van der Waals surface area contributed by atoms with Crippen LogP contribution in [-0.4, -0.2) is 57.0 Å². The maximum absolute atomic E-state index is 13.8. The number of primary amides is 1. The standard InChI is InChI=1S/C19H23F2N5O2S.C4H8O/c1-3-6-23-13-8-11(16(20)21)12(9-24-13)15-14(25-18(29-15)17(22)27)19(28)26-7-4-5-10(26)2;5-4-2-1-3-4/h8-10,16H,3-7H2,1-2H3,(H2,22,27)(H,23,24);4-5H,1-3H2. The third-order valence-corrected chi connectivity index (χ3v) is 7.00. The highest BCUT2D eigenvalue weighted by Crippen LogP contribution is 2.38. The van der Waals surface area contributed by atoms with E-state index in [1.165, 1.54) is 18.7 Å². The highest BCUT2D eigenvalue weighted by atomic mass is 32.1. The second kappa shape index (κ2) is 11.7. The van der Waals surface area contributed by atoms with Gasteiger partial charge in [-0.15, -0.1) is 11.3 Å². The molecule has 0 radical (unpaired) electrons. The number of aromatic nitrogens is 2. The van der Waals surface area contributed by atoms with Crippen molar-refractivity contribution in [2.45, 2.75) is 70.9 Å². The first-order valence-corrected chi connectivity index (χ1v) is 12.4. The first-order valence-electron chi connectivity index (χ1n) is 11.5. The largest absolute Gasteiger partial charge is 0.393 e. The van der Waals surface area contributed by atoms with Gasteiger partial charge in [-0.05, 0) is 51.5 Å². The van der Waals surface area contributed by atoms with Gasteiger partial charge in [-0.3, -0.25) is 9.59 Å². The Labute approximate surface area is 201 Å². The van der Waals surface area contributed by atoms with Gasteiger partial charge in [0.1, 0.15) is 11.5 Å². The minimum atomic E-state index is -2.79. The Hall–Kier alpha value is -2.66. The number of anilines is 1. The number of hydrogen-bond acceptors (Lipinski definition) is 7. The summed E-state index contributed by atoms with van der Waals surface area (Å²) < 4.78 is 27.6. The molecular weight excluding hydrogens is 464 g/mol. The lowest BCUT2D eigenvalue weighted by atomic mass is 9.97. The Balaban J connectivity index is 0.000000574. The number of rotatable bonds is 7. The molecule has 1 unspecified atom stereocenters. The van der Waals surface area contributed by atoms with E-state index in [0.717, 1.165) is 43.4 Å². The average molecular weight is 496 g/mol. The normalized spacial score (nSPS) is 17.8. The molecule has 8 nitrogen and oxygen atoms in total. The lowest BCUT2D eigenvalue weighted by Gasteiger charge is -2.21. The molecule has 4 N–H and O–H groups in total. The van der Waals surface area contributed by atoms with E-state index in [4.69, 9.17) is 10.8 Å². The zero-order valence-corrected chi connectivity index (χ0v) is 20.2. The molecule has 0 aromatic carbocycles. The summed E-state index contributed by atoms with van der Waals surface area (Å²) in [5.74, 6) is -0.869. The van der Waals surface area contributed by atoms with Gasteiger partial charge in [-0.2, -0.15) is 0 Å². The van der Waals surface area contributed by atoms with E-state index in [9.17, 15) is 18.4 Å². The minimum Gasteiger partial charge on any atom is -0.393 e. The van der Waals surface area contributed by atoms with E-state index in [0.29, 0.717) is 18.9 Å². The average Bonchev–Trinajstić information content (AvgIpc) is 3.43. The first-order chi connectivity index (χ1) is 16.2. The number of aliphatic hydroxyl groups excluding tert-OH is 1. The number of nitrogens with two attached hydrogens (primary N) is 1. The topological polar surface area (TPSA) is 121 Å². The molecule has 0 spiro atoms. The SMILES string of the molecule is CCCNc1cc(C(F)F)c(-c2sc(C(N)=O)nc2C(=O)N2CCCC2C)cn1.OC1CCC1. The number of thiazole rings is 1. The van der Waals surface area contributed by atoms with Crippen LogP contribution >= 0.6 is 11.3 Å². The molecule has 186 valence electrons. The monoisotopic (exact) mass is 495 g/mol. The molecule has 2 aromatic rings. The second-order valence-corrected chi connectivity index (χ2v) is 9.52. The molecule has 2 fully saturated rings. The van der Waals surface area contributed by atoms with Crippen molar-refractivity contribution in [1.82, 2.24) is 14.9 Å². The van der Waals surface area contributed by atoms with E-state index < -0.39 is 12.3 Å². The Morgan fingerprint density at radius 2 is 2.03 bits per heavy atom. The second-order valence-electron chi connectivity index (χ2n) is 8.52. The minimum absolute atomic E-state index is 0.0161. The van der Waals surface area contributed by atoms with Crippen LogP contribution in [0.4, 0.5) is 14.6 Å². The predicted octanol–water partition coefficient (Wildman–Crippen LogP) is 4.22. The number of halogens is 2. The van der Waals surface area contributed by atoms with Crippen LogP contribution in [0.3, 0.4) is 0 Å². The zero-order valence-electron chi connectivity index (χ0n) is 19.4. The quantitative estimate of drug-likeness (QED) is 0.529. The summed E-state index contributed by atoms with van der Waals surface area (Å²) >= 11 is 0.837. The summed E-state index contributed by atoms with van der Waals surface area (Å²) in [5, 5.41) is 11.3. The Morgan fingerprint density at radius 1 is 1.32 bits per heavy atom. The first kappa shape index (κ1) is 26.0. The van der Waals surface area contributed by atoms with Crippen LogP contribution in [0.5, 0.6) is 0 Å². The van der Waals surface area contributed by atoms with Crippen LogP contribution in [0.2, 0.25) is 0 Å². The smallest absolute Gasteiger partial charge is 0.277 e. The summed E-state index contributed by atoms with van der Waals surface area (Å²) in [6.45, 7) is 5.03. The number of aliphatic hydroxyl groups is 1. The molecule has 4 rings (SSSR count). The molecule has 2 aliphatic rings. The molecule has 1 atom stereocenters. The van der Waals surface area contributed by atoms with Gasteiger partial charge in [0.25, 0.3) is 18.2 Å². The van der Waals surface area contributed by atoms with Gasteiger partial charge in [-0.1, -0.05) is 6.92 Å². The maximum Gasteiger partial charge on any atom is 0.277 e. The third kappa shape index (κ3) is 6.06. The van der Waals surface area contributed by atoms with Crippen LogP contribution in [0.15, 0.2) is 12.3 Å². The number of likely N-dealkylation sites (tertiary alicyclic amines) is 1. The fourth-order valence-electron chi connectivity index (χ4n) is 3.70. The van der Waals surface area contributed by atoms with Crippen LogP contribution in [0, 0.1) is 0 Å². The van der Waals surface area contributed by atoms with Gasteiger partial charge in [0.05, 0.1) is 11.0 Å². The zero-order chi connectivity index (χ0) is 24.8. The molecule has 3 heterocycles. The molecule has 2 amide bonds. The number of nitrogens with zero attached hydrogens (tertiary/aromatic N) is 3. The molecular formula is C23H31F2N5O3S. The fourth-order valence-corrected chi connectivity index (χ4v) is 4.64. The van der Waals surface area contributed by atoms with Gasteiger partial charge in [0.2, 0.25) is 0 Å². The van der Waals surface area contributed by atoms with Crippen molar-refractivity contribution >= 4 is 29.0 Å². The van der Waals surface area contributed by atoms with Gasteiger partial charge in [-0.25, -0.2) is 18.7 Å². The van der Waals surface area contributed by atoms with Crippen LogP contribution in [0.25, 0.3) is 10.4 Å². The maximum atomic E-state index is 13.8. The van der Waals surface area contributed by atoms with Crippen molar-refractivity contribution in [2.75, 3.05) is 18.4 Å². The Bertz CT molecular complexity index is 1010. The number of carbonyl (C=O) groups is 2. The summed E-state index contributed by atoms with van der Waals surface area (Å²) in [5.41, 5.74) is 5.12. The number of alkyl halides is 2. The summed E-state index contributed by atoms with van der Waals surface area (Å²) in [6, 6.07) is 1.29. The lowest BCUT2D eigenvalue weighted by Crippen LogP contribution is -2.34. The Kier molecular flexibility index (Phi) is 8.90. The van der Waals surface area contributed by atoms with Crippen molar-refractivity contribution < 1.29 is 23.5 Å². The predicted molar refractivity (Wildman–Crippen MR) is 127 cm³/mol. The van der Waals surface area contributed by atoms with E-state index >= 15 is 0 Å². The summed E-state index contributed by atoms with van der Waals surface area (Å²) in [6.07, 6.45) is 4.42. The van der Waals surface area contributed by atoms with Gasteiger partial charge >= 0.3 is 0 Å².